The van der Waals surface area contributed by atoms with E-state index in [0.717, 1.165) is 116 Å². The van der Waals surface area contributed by atoms with Crippen molar-refractivity contribution in [2.45, 2.75) is 284 Å². The van der Waals surface area contributed by atoms with Crippen molar-refractivity contribution in [3.05, 3.63) is 122 Å². The summed E-state index contributed by atoms with van der Waals surface area (Å²) in [6.45, 7) is 6.36. The average Bonchev–Trinajstić information content (AvgIpc) is 3.41. The topological polar surface area (TPSA) is 78.9 Å². The van der Waals surface area contributed by atoms with Crippen LogP contribution in [0.4, 0.5) is 0 Å². The smallest absolute Gasteiger partial charge is 0.306 e. The van der Waals surface area contributed by atoms with Gasteiger partial charge in [-0.25, -0.2) is 0 Å². The summed E-state index contributed by atoms with van der Waals surface area (Å²) in [5, 5.41) is 0. The number of esters is 3. The zero-order valence-electron chi connectivity index (χ0n) is 48.8. The van der Waals surface area contributed by atoms with Crippen LogP contribution in [-0.4, -0.2) is 37.2 Å². The van der Waals surface area contributed by atoms with Gasteiger partial charge in [0, 0.05) is 19.3 Å². The Labute approximate surface area is 462 Å². The van der Waals surface area contributed by atoms with Gasteiger partial charge in [-0.3, -0.25) is 14.4 Å². The molecule has 0 aromatic rings. The molecule has 0 aromatic heterocycles. The van der Waals surface area contributed by atoms with Crippen LogP contribution >= 0.6 is 0 Å². The van der Waals surface area contributed by atoms with E-state index in [2.05, 4.69) is 142 Å². The third kappa shape index (κ3) is 60.6. The van der Waals surface area contributed by atoms with Crippen molar-refractivity contribution < 1.29 is 28.6 Å². The molecule has 0 saturated heterocycles. The normalized spacial score (nSPS) is 12.9. The minimum Gasteiger partial charge on any atom is -0.462 e. The molecule has 0 amide bonds. The molecule has 0 heterocycles. The summed E-state index contributed by atoms with van der Waals surface area (Å²) < 4.78 is 16.8. The van der Waals surface area contributed by atoms with Gasteiger partial charge in [0.1, 0.15) is 13.2 Å². The standard InChI is InChI=1S/C69H114O6/c1-4-7-10-13-16-19-22-25-28-31-33-34-36-39-42-45-48-51-54-57-60-63-69(72)75-66(64-73-67(70)61-58-55-52-49-46-43-40-37-30-27-24-21-18-15-12-9-6-3)65-74-68(71)62-59-56-53-50-47-44-41-38-35-32-29-26-23-20-17-14-11-8-5-2/h8-9,11-12,17-18,20-21,26-27,29-30,35,38,40,43-44,47,49,52,66H,4-7,10,13-16,19,22-25,28,31-34,36-37,39,41-42,45-46,48,50-51,53-65H2,1-3H3/b11-8-,12-9-,20-17-,21-18-,29-26-,30-27-,38-35-,43-40-,47-44-,52-49-/t66-/m0/s1. The zero-order valence-corrected chi connectivity index (χ0v) is 48.8. The van der Waals surface area contributed by atoms with Gasteiger partial charge in [0.25, 0.3) is 0 Å². The lowest BCUT2D eigenvalue weighted by atomic mass is 10.0. The first-order chi connectivity index (χ1) is 37.0. The third-order valence-corrected chi connectivity index (χ3v) is 13.0. The molecule has 0 aliphatic rings. The van der Waals surface area contributed by atoms with Crippen LogP contribution in [0.1, 0.15) is 278 Å². The molecule has 0 bridgehead atoms. The minimum atomic E-state index is -0.818. The Hall–Kier alpha value is -4.19. The Morgan fingerprint density at radius 3 is 0.867 bits per heavy atom. The van der Waals surface area contributed by atoms with Crippen LogP contribution in [0, 0.1) is 0 Å². The predicted octanol–water partition coefficient (Wildman–Crippen LogP) is 21.2. The monoisotopic (exact) mass is 1040 g/mol. The highest BCUT2D eigenvalue weighted by Crippen LogP contribution is 2.16. The van der Waals surface area contributed by atoms with Crippen molar-refractivity contribution in [1.82, 2.24) is 0 Å². The molecule has 1 atom stereocenters. The van der Waals surface area contributed by atoms with Gasteiger partial charge in [0.05, 0.1) is 0 Å². The second kappa shape index (κ2) is 62.4. The lowest BCUT2D eigenvalue weighted by Gasteiger charge is -2.18. The van der Waals surface area contributed by atoms with E-state index in [-0.39, 0.29) is 37.5 Å². The molecule has 75 heavy (non-hydrogen) atoms. The highest BCUT2D eigenvalue weighted by atomic mass is 16.6. The van der Waals surface area contributed by atoms with Crippen LogP contribution in [0.5, 0.6) is 0 Å². The summed E-state index contributed by atoms with van der Waals surface area (Å²) in [5.74, 6) is -0.997. The molecule has 0 spiro atoms. The number of unbranched alkanes of at least 4 members (excludes halogenated alkanes) is 24. The summed E-state index contributed by atoms with van der Waals surface area (Å²) >= 11 is 0. The molecule has 0 rings (SSSR count). The van der Waals surface area contributed by atoms with E-state index in [0.29, 0.717) is 19.3 Å². The number of allylic oxidation sites excluding steroid dienone is 20. The van der Waals surface area contributed by atoms with Crippen LogP contribution < -0.4 is 0 Å². The number of carbonyl (C=O) groups is 3. The molecule has 0 N–H and O–H groups in total. The van der Waals surface area contributed by atoms with Gasteiger partial charge in [-0.2, -0.15) is 0 Å². The van der Waals surface area contributed by atoms with Gasteiger partial charge in [-0.1, -0.05) is 277 Å². The molecule has 6 heteroatoms. The van der Waals surface area contributed by atoms with E-state index in [1.54, 1.807) is 0 Å². The summed E-state index contributed by atoms with van der Waals surface area (Å²) in [4.78, 5) is 38.3. The van der Waals surface area contributed by atoms with Crippen molar-refractivity contribution in [3.8, 4) is 0 Å². The lowest BCUT2D eigenvalue weighted by Crippen LogP contribution is -2.30. The fourth-order valence-electron chi connectivity index (χ4n) is 8.39. The Morgan fingerprint density at radius 1 is 0.280 bits per heavy atom. The van der Waals surface area contributed by atoms with Crippen molar-refractivity contribution in [3.63, 3.8) is 0 Å². The quantitative estimate of drug-likeness (QED) is 0.0261. The fourth-order valence-corrected chi connectivity index (χ4v) is 8.39. The van der Waals surface area contributed by atoms with E-state index in [1.807, 2.05) is 0 Å². The highest BCUT2D eigenvalue weighted by molar-refractivity contribution is 5.71. The van der Waals surface area contributed by atoms with Crippen LogP contribution in [0.25, 0.3) is 0 Å². The van der Waals surface area contributed by atoms with Gasteiger partial charge in [-0.15, -0.1) is 0 Å². The van der Waals surface area contributed by atoms with Crippen molar-refractivity contribution in [2.75, 3.05) is 13.2 Å². The maximum Gasteiger partial charge on any atom is 0.306 e. The molecule has 0 aliphatic heterocycles. The summed E-state index contributed by atoms with van der Waals surface area (Å²) in [5.41, 5.74) is 0. The minimum absolute atomic E-state index is 0.114. The maximum absolute atomic E-state index is 12.9. The van der Waals surface area contributed by atoms with Crippen LogP contribution in [-0.2, 0) is 28.6 Å². The van der Waals surface area contributed by atoms with Crippen LogP contribution in [0.3, 0.4) is 0 Å². The molecule has 426 valence electrons. The molecule has 0 radical (unpaired) electrons. The summed E-state index contributed by atoms with van der Waals surface area (Å²) in [6.07, 6.45) is 86.4. The second-order valence-corrected chi connectivity index (χ2v) is 20.2. The molecule has 0 fully saturated rings. The SMILES string of the molecule is CC/C=C\C/C=C\C/C=C\C/C=C\C/C=C\CCCCCC(=O)OC[C@H](COC(=O)CCC/C=C\C/C=C\C/C=C\C/C=C\C/C=C\CC)OC(=O)CCCCCCCCCCCCCCCCCCCCCCC. The number of rotatable bonds is 55. The predicted molar refractivity (Wildman–Crippen MR) is 325 cm³/mol. The number of hydrogen-bond acceptors (Lipinski definition) is 6. The molecule has 6 nitrogen and oxygen atoms in total. The van der Waals surface area contributed by atoms with Gasteiger partial charge in [-0.05, 0) is 103 Å². The summed E-state index contributed by atoms with van der Waals surface area (Å²) in [6, 6.07) is 0. The molecule has 0 aromatic carbocycles. The van der Waals surface area contributed by atoms with E-state index in [4.69, 9.17) is 14.2 Å². The first-order valence-corrected chi connectivity index (χ1v) is 31.0. The van der Waals surface area contributed by atoms with Crippen molar-refractivity contribution >= 4 is 17.9 Å². The largest absolute Gasteiger partial charge is 0.462 e. The number of carbonyl (C=O) groups excluding carboxylic acids is 3. The lowest BCUT2D eigenvalue weighted by molar-refractivity contribution is -0.167. The Kier molecular flexibility index (Phi) is 58.9. The number of hydrogen-bond donors (Lipinski definition) is 0. The van der Waals surface area contributed by atoms with E-state index >= 15 is 0 Å². The highest BCUT2D eigenvalue weighted by Gasteiger charge is 2.19. The molecular formula is C69H114O6. The zero-order chi connectivity index (χ0) is 54.3. The molecular weight excluding hydrogens is 925 g/mol. The maximum atomic E-state index is 12.9. The Bertz CT molecular complexity index is 1570. The first-order valence-electron chi connectivity index (χ1n) is 31.0. The van der Waals surface area contributed by atoms with Gasteiger partial charge in [0.15, 0.2) is 6.10 Å². The van der Waals surface area contributed by atoms with Gasteiger partial charge < -0.3 is 14.2 Å². The third-order valence-electron chi connectivity index (χ3n) is 13.0. The Morgan fingerprint density at radius 2 is 0.533 bits per heavy atom. The second-order valence-electron chi connectivity index (χ2n) is 20.2. The molecule has 0 aliphatic carbocycles. The molecule has 0 saturated carbocycles. The first kappa shape index (κ1) is 70.8. The van der Waals surface area contributed by atoms with E-state index in [9.17, 15) is 14.4 Å². The Balaban J connectivity index is 4.50. The van der Waals surface area contributed by atoms with Gasteiger partial charge >= 0.3 is 17.9 Å². The number of ether oxygens (including phenoxy) is 3. The van der Waals surface area contributed by atoms with Gasteiger partial charge in [0.2, 0.25) is 0 Å². The van der Waals surface area contributed by atoms with Crippen LogP contribution in [0.15, 0.2) is 122 Å². The average molecular weight is 1040 g/mol. The fraction of sp³-hybridized carbons (Fsp3) is 0.667. The van der Waals surface area contributed by atoms with E-state index < -0.39 is 6.10 Å². The molecule has 0 unspecified atom stereocenters. The van der Waals surface area contributed by atoms with Crippen LogP contribution in [0.2, 0.25) is 0 Å². The van der Waals surface area contributed by atoms with E-state index in [1.165, 1.54) is 116 Å². The summed E-state index contributed by atoms with van der Waals surface area (Å²) in [7, 11) is 0. The van der Waals surface area contributed by atoms with Crippen molar-refractivity contribution in [1.29, 1.82) is 0 Å². The van der Waals surface area contributed by atoms with Crippen molar-refractivity contribution in [2.24, 2.45) is 0 Å².